The Balaban J connectivity index is 0.000000203. The molecule has 0 spiro atoms. The molecule has 0 aromatic rings. The van der Waals surface area contributed by atoms with Crippen molar-refractivity contribution in [3.05, 3.63) is 0 Å². The molecule has 3 saturated heterocycles. The molecule has 0 radical (unpaired) electrons. The summed E-state index contributed by atoms with van der Waals surface area (Å²) in [4.78, 5) is 5.42. The van der Waals surface area contributed by atoms with E-state index >= 15 is 0 Å². The number of likely N-dealkylation sites (tertiary alicyclic amines) is 1. The summed E-state index contributed by atoms with van der Waals surface area (Å²) in [6.45, 7) is 16.2. The highest BCUT2D eigenvalue weighted by atomic mass is 15.2. The van der Waals surface area contributed by atoms with Gasteiger partial charge in [-0.2, -0.15) is 0 Å². The molecule has 5 rings (SSSR count). The number of piperidine rings is 3. The summed E-state index contributed by atoms with van der Waals surface area (Å²) in [6.07, 6.45) is 10.4. The zero-order chi connectivity index (χ0) is 17.1. The molecular weight excluding hydrogens is 292 g/mol. The molecule has 3 heterocycles. The van der Waals surface area contributed by atoms with E-state index in [9.17, 15) is 0 Å². The average molecular weight is 335 g/mol. The Morgan fingerprint density at radius 1 is 0.833 bits per heavy atom. The molecule has 3 aliphatic heterocycles. The predicted molar refractivity (Wildman–Crippen MR) is 104 cm³/mol. The van der Waals surface area contributed by atoms with Crippen LogP contribution in [0.3, 0.4) is 0 Å². The standard InChI is InChI=1S/C15H28N2.C7H14/c1-12(2)17-5-3-13(4-6-17)9-16-10-14-7-15(8-14)11-16;1-6(2)7-4-3-5-7/h12-15H,3-11H2,1-2H3;6-7H,3-5H2,1-2H3. The van der Waals surface area contributed by atoms with E-state index in [0.717, 1.165) is 35.6 Å². The van der Waals surface area contributed by atoms with Crippen LogP contribution in [0.25, 0.3) is 0 Å². The van der Waals surface area contributed by atoms with Crippen molar-refractivity contribution < 1.29 is 0 Å². The second kappa shape index (κ2) is 8.54. The highest BCUT2D eigenvalue weighted by molar-refractivity contribution is 4.90. The molecule has 5 aliphatic rings. The fourth-order valence-electron chi connectivity index (χ4n) is 5.25. The lowest BCUT2D eigenvalue weighted by Gasteiger charge is -2.48. The van der Waals surface area contributed by atoms with Crippen molar-refractivity contribution in [3.8, 4) is 0 Å². The molecule has 0 aromatic heterocycles. The van der Waals surface area contributed by atoms with E-state index in [4.69, 9.17) is 0 Å². The molecule has 140 valence electrons. The Morgan fingerprint density at radius 3 is 1.79 bits per heavy atom. The van der Waals surface area contributed by atoms with Crippen LogP contribution in [0.4, 0.5) is 0 Å². The molecule has 0 amide bonds. The third-order valence-corrected chi connectivity index (χ3v) is 7.35. The van der Waals surface area contributed by atoms with Gasteiger partial charge < -0.3 is 9.80 Å². The topological polar surface area (TPSA) is 6.48 Å². The van der Waals surface area contributed by atoms with Crippen LogP contribution >= 0.6 is 0 Å². The average Bonchev–Trinajstić information content (AvgIpc) is 2.45. The first-order valence-electron chi connectivity index (χ1n) is 11.0. The van der Waals surface area contributed by atoms with Gasteiger partial charge in [0.15, 0.2) is 0 Å². The van der Waals surface area contributed by atoms with E-state index in [1.54, 1.807) is 12.8 Å². The summed E-state index contributed by atoms with van der Waals surface area (Å²) in [5.74, 6) is 5.17. The van der Waals surface area contributed by atoms with Gasteiger partial charge in [-0.15, -0.1) is 0 Å². The van der Waals surface area contributed by atoms with Crippen LogP contribution in [0, 0.1) is 29.6 Å². The smallest absolute Gasteiger partial charge is 0.00385 e. The van der Waals surface area contributed by atoms with Gasteiger partial charge in [-0.25, -0.2) is 0 Å². The lowest BCUT2D eigenvalue weighted by atomic mass is 9.71. The fourth-order valence-corrected chi connectivity index (χ4v) is 5.25. The molecule has 2 bridgehead atoms. The van der Waals surface area contributed by atoms with Crippen LogP contribution in [0.2, 0.25) is 0 Å². The zero-order valence-corrected chi connectivity index (χ0v) is 16.8. The van der Waals surface area contributed by atoms with Crippen molar-refractivity contribution in [2.24, 2.45) is 29.6 Å². The van der Waals surface area contributed by atoms with Gasteiger partial charge in [0.2, 0.25) is 0 Å². The maximum atomic E-state index is 2.78. The Kier molecular flexibility index (Phi) is 6.65. The van der Waals surface area contributed by atoms with Crippen molar-refractivity contribution in [1.82, 2.24) is 9.80 Å². The number of hydrogen-bond donors (Lipinski definition) is 0. The number of nitrogens with zero attached hydrogens (tertiary/aromatic N) is 2. The van der Waals surface area contributed by atoms with Gasteiger partial charge in [-0.3, -0.25) is 0 Å². The highest BCUT2D eigenvalue weighted by Gasteiger charge is 2.37. The first-order chi connectivity index (χ1) is 11.5. The van der Waals surface area contributed by atoms with E-state index < -0.39 is 0 Å². The maximum absolute atomic E-state index is 2.78. The lowest BCUT2D eigenvalue weighted by Crippen LogP contribution is -2.51. The SMILES string of the molecule is CC(C)C1CCC1.CC(C)N1CCC(CN2CC3CC(C3)C2)CC1. The molecule has 2 aliphatic carbocycles. The molecule has 0 atom stereocenters. The Bertz CT molecular complexity index is 350. The number of hydrogen-bond acceptors (Lipinski definition) is 2. The minimum Gasteiger partial charge on any atom is -0.303 e. The van der Waals surface area contributed by atoms with Gasteiger partial charge in [0.1, 0.15) is 0 Å². The van der Waals surface area contributed by atoms with E-state index in [1.807, 2.05) is 0 Å². The van der Waals surface area contributed by atoms with E-state index in [0.29, 0.717) is 0 Å². The Labute approximate surface area is 151 Å². The molecule has 2 nitrogen and oxygen atoms in total. The predicted octanol–water partition coefficient (Wildman–Crippen LogP) is 4.89. The first kappa shape index (κ1) is 18.7. The largest absolute Gasteiger partial charge is 0.303 e. The molecular formula is C22H42N2. The first-order valence-corrected chi connectivity index (χ1v) is 11.0. The Morgan fingerprint density at radius 2 is 1.42 bits per heavy atom. The van der Waals surface area contributed by atoms with Gasteiger partial charge in [0.05, 0.1) is 0 Å². The van der Waals surface area contributed by atoms with Gasteiger partial charge in [-0.05, 0) is 82.2 Å². The lowest BCUT2D eigenvalue weighted by molar-refractivity contribution is 0.0104. The summed E-state index contributed by atoms with van der Waals surface area (Å²) in [5.41, 5.74) is 0. The maximum Gasteiger partial charge on any atom is 0.00385 e. The molecule has 0 aromatic carbocycles. The molecule has 24 heavy (non-hydrogen) atoms. The van der Waals surface area contributed by atoms with Crippen LogP contribution in [0.15, 0.2) is 0 Å². The normalized spacial score (nSPS) is 32.2. The van der Waals surface area contributed by atoms with Crippen LogP contribution in [-0.4, -0.2) is 48.6 Å². The Hall–Kier alpha value is -0.0800. The van der Waals surface area contributed by atoms with Crippen molar-refractivity contribution in [3.63, 3.8) is 0 Å². The molecule has 0 unspecified atom stereocenters. The van der Waals surface area contributed by atoms with Crippen LogP contribution in [0.5, 0.6) is 0 Å². The third-order valence-electron chi connectivity index (χ3n) is 7.35. The summed E-state index contributed by atoms with van der Waals surface area (Å²) in [6, 6.07) is 0.749. The molecule has 2 heteroatoms. The van der Waals surface area contributed by atoms with E-state index in [-0.39, 0.29) is 0 Å². The van der Waals surface area contributed by atoms with Crippen LogP contribution < -0.4 is 0 Å². The monoisotopic (exact) mass is 334 g/mol. The van der Waals surface area contributed by atoms with E-state index in [1.165, 1.54) is 64.8 Å². The number of fused-ring (bicyclic) bond motifs is 2. The van der Waals surface area contributed by atoms with Gasteiger partial charge in [0.25, 0.3) is 0 Å². The summed E-state index contributed by atoms with van der Waals surface area (Å²) in [5, 5.41) is 0. The van der Waals surface area contributed by atoms with Crippen molar-refractivity contribution >= 4 is 0 Å². The third kappa shape index (κ3) is 4.97. The second-order valence-corrected chi connectivity index (χ2v) is 9.93. The summed E-state index contributed by atoms with van der Waals surface area (Å²) in [7, 11) is 0. The van der Waals surface area contributed by atoms with Crippen molar-refractivity contribution in [2.75, 3.05) is 32.7 Å². The van der Waals surface area contributed by atoms with E-state index in [2.05, 4.69) is 37.5 Å². The quantitative estimate of drug-likeness (QED) is 0.722. The van der Waals surface area contributed by atoms with Gasteiger partial charge in [-0.1, -0.05) is 33.1 Å². The summed E-state index contributed by atoms with van der Waals surface area (Å²) < 4.78 is 0. The zero-order valence-electron chi connectivity index (χ0n) is 16.8. The molecule has 5 fully saturated rings. The van der Waals surface area contributed by atoms with Gasteiger partial charge in [0, 0.05) is 25.7 Å². The molecule has 2 saturated carbocycles. The minimum absolute atomic E-state index is 0.749. The summed E-state index contributed by atoms with van der Waals surface area (Å²) >= 11 is 0. The van der Waals surface area contributed by atoms with Crippen LogP contribution in [-0.2, 0) is 0 Å². The number of rotatable bonds is 4. The van der Waals surface area contributed by atoms with Gasteiger partial charge >= 0.3 is 0 Å². The van der Waals surface area contributed by atoms with Crippen LogP contribution in [0.1, 0.15) is 72.6 Å². The minimum atomic E-state index is 0.749. The second-order valence-electron chi connectivity index (χ2n) is 9.93. The van der Waals surface area contributed by atoms with Crippen molar-refractivity contribution in [1.29, 1.82) is 0 Å². The highest BCUT2D eigenvalue weighted by Crippen LogP contribution is 2.40. The van der Waals surface area contributed by atoms with Crippen molar-refractivity contribution in [2.45, 2.75) is 78.7 Å². The fraction of sp³-hybridized carbons (Fsp3) is 1.00. The molecule has 0 N–H and O–H groups in total.